The van der Waals surface area contributed by atoms with Crippen molar-refractivity contribution in [3.63, 3.8) is 0 Å². The number of nitrogens with one attached hydrogen (secondary N) is 1. The molecular formula is C13H23BrN4O. The molecule has 5 nitrogen and oxygen atoms in total. The molecule has 1 saturated heterocycles. The van der Waals surface area contributed by atoms with Gasteiger partial charge in [-0.15, -0.1) is 0 Å². The quantitative estimate of drug-likeness (QED) is 0.637. The molecule has 6 heteroatoms. The predicted molar refractivity (Wildman–Crippen MR) is 78.7 cm³/mol. The number of aryl methyl sites for hydroxylation is 2. The Labute approximate surface area is 123 Å². The number of aromatic nitrogens is 2. The summed E-state index contributed by atoms with van der Waals surface area (Å²) in [5.74, 6) is 5.71. The Morgan fingerprint density at radius 2 is 2.32 bits per heavy atom. The van der Waals surface area contributed by atoms with Crippen molar-refractivity contribution in [2.24, 2.45) is 12.9 Å². The smallest absolute Gasteiger partial charge is 0.0766 e. The van der Waals surface area contributed by atoms with Gasteiger partial charge >= 0.3 is 0 Å². The zero-order chi connectivity index (χ0) is 14.0. The van der Waals surface area contributed by atoms with E-state index in [2.05, 4.69) is 40.3 Å². The molecule has 108 valence electrons. The molecular weight excluding hydrogens is 308 g/mol. The van der Waals surface area contributed by atoms with Gasteiger partial charge in [-0.2, -0.15) is 5.10 Å². The standard InChI is InChI=1S/C13H23BrN4O/c1-4-9-13(14)11(18(3)17-9)7-10(16-15)12-6-5-8(2)19-12/h8,10,12,16H,4-7,15H2,1-3H3. The lowest BCUT2D eigenvalue weighted by atomic mass is 10.0. The Morgan fingerprint density at radius 3 is 2.79 bits per heavy atom. The summed E-state index contributed by atoms with van der Waals surface area (Å²) >= 11 is 3.65. The molecule has 1 aromatic rings. The first-order valence-electron chi connectivity index (χ1n) is 6.88. The van der Waals surface area contributed by atoms with Crippen LogP contribution in [0.4, 0.5) is 0 Å². The number of hydrogen-bond donors (Lipinski definition) is 2. The van der Waals surface area contributed by atoms with Crippen molar-refractivity contribution in [1.29, 1.82) is 0 Å². The van der Waals surface area contributed by atoms with E-state index >= 15 is 0 Å². The first kappa shape index (κ1) is 15.0. The zero-order valence-electron chi connectivity index (χ0n) is 11.8. The summed E-state index contributed by atoms with van der Waals surface area (Å²) in [6, 6.07) is 0.126. The number of nitrogens with zero attached hydrogens (tertiary/aromatic N) is 2. The summed E-state index contributed by atoms with van der Waals surface area (Å²) in [6.45, 7) is 4.22. The van der Waals surface area contributed by atoms with Gasteiger partial charge in [0.25, 0.3) is 0 Å². The molecule has 0 aliphatic carbocycles. The lowest BCUT2D eigenvalue weighted by molar-refractivity contribution is 0.0316. The van der Waals surface area contributed by atoms with E-state index in [9.17, 15) is 0 Å². The summed E-state index contributed by atoms with van der Waals surface area (Å²) in [5.41, 5.74) is 5.17. The summed E-state index contributed by atoms with van der Waals surface area (Å²) in [6.07, 6.45) is 4.43. The van der Waals surface area contributed by atoms with E-state index in [1.54, 1.807) is 0 Å². The van der Waals surface area contributed by atoms with Gasteiger partial charge in [0.1, 0.15) is 0 Å². The molecule has 2 rings (SSSR count). The van der Waals surface area contributed by atoms with E-state index in [0.717, 1.165) is 35.8 Å². The van der Waals surface area contributed by atoms with Crippen molar-refractivity contribution in [1.82, 2.24) is 15.2 Å². The maximum absolute atomic E-state index is 5.91. The molecule has 3 unspecified atom stereocenters. The molecule has 1 aromatic heterocycles. The predicted octanol–water partition coefficient (Wildman–Crippen LogP) is 1.69. The van der Waals surface area contributed by atoms with Gasteiger partial charge in [0.2, 0.25) is 0 Å². The van der Waals surface area contributed by atoms with Crippen molar-refractivity contribution >= 4 is 15.9 Å². The maximum Gasteiger partial charge on any atom is 0.0766 e. The highest BCUT2D eigenvalue weighted by Gasteiger charge is 2.30. The molecule has 0 bridgehead atoms. The minimum Gasteiger partial charge on any atom is -0.374 e. The summed E-state index contributed by atoms with van der Waals surface area (Å²) in [4.78, 5) is 0. The molecule has 0 amide bonds. The monoisotopic (exact) mass is 330 g/mol. The van der Waals surface area contributed by atoms with Crippen molar-refractivity contribution in [3.05, 3.63) is 15.9 Å². The van der Waals surface area contributed by atoms with Crippen LogP contribution in [0.25, 0.3) is 0 Å². The molecule has 0 saturated carbocycles. The number of hydrazine groups is 1. The van der Waals surface area contributed by atoms with Gasteiger partial charge in [-0.3, -0.25) is 16.0 Å². The molecule has 0 radical (unpaired) electrons. The second-order valence-corrected chi connectivity index (χ2v) is 6.02. The van der Waals surface area contributed by atoms with E-state index in [0.29, 0.717) is 6.10 Å². The number of hydrogen-bond acceptors (Lipinski definition) is 4. The molecule has 1 fully saturated rings. The number of rotatable bonds is 5. The van der Waals surface area contributed by atoms with Gasteiger partial charge in [0.15, 0.2) is 0 Å². The lowest BCUT2D eigenvalue weighted by Crippen LogP contribution is -2.45. The largest absolute Gasteiger partial charge is 0.374 e. The van der Waals surface area contributed by atoms with Gasteiger partial charge in [-0.25, -0.2) is 0 Å². The van der Waals surface area contributed by atoms with Crippen LogP contribution < -0.4 is 11.3 Å². The first-order valence-corrected chi connectivity index (χ1v) is 7.67. The molecule has 1 aliphatic rings. The van der Waals surface area contributed by atoms with Gasteiger partial charge in [-0.1, -0.05) is 6.92 Å². The van der Waals surface area contributed by atoms with Crippen LogP contribution in [0.3, 0.4) is 0 Å². The molecule has 0 spiro atoms. The average Bonchev–Trinajstić information content (AvgIpc) is 2.92. The number of halogens is 1. The Bertz CT molecular complexity index is 435. The number of ether oxygens (including phenoxy) is 1. The van der Waals surface area contributed by atoms with E-state index in [-0.39, 0.29) is 12.1 Å². The molecule has 2 heterocycles. The average molecular weight is 331 g/mol. The van der Waals surface area contributed by atoms with Crippen LogP contribution in [0.5, 0.6) is 0 Å². The normalized spacial score (nSPS) is 24.9. The zero-order valence-corrected chi connectivity index (χ0v) is 13.4. The summed E-state index contributed by atoms with van der Waals surface area (Å²) in [7, 11) is 1.98. The van der Waals surface area contributed by atoms with Crippen molar-refractivity contribution < 1.29 is 4.74 Å². The van der Waals surface area contributed by atoms with E-state index in [1.807, 2.05) is 11.7 Å². The van der Waals surface area contributed by atoms with Crippen LogP contribution in [0.1, 0.15) is 38.1 Å². The Kier molecular flexibility index (Phi) is 5.00. The van der Waals surface area contributed by atoms with Crippen LogP contribution in [0.15, 0.2) is 4.47 Å². The minimum atomic E-state index is 0.126. The SMILES string of the molecule is CCc1nn(C)c(CC(NN)C2CCC(C)O2)c1Br. The first-order chi connectivity index (χ1) is 9.06. The minimum absolute atomic E-state index is 0.126. The number of nitrogens with two attached hydrogens (primary N) is 1. The van der Waals surface area contributed by atoms with Gasteiger partial charge in [0, 0.05) is 13.5 Å². The Morgan fingerprint density at radius 1 is 1.58 bits per heavy atom. The van der Waals surface area contributed by atoms with E-state index in [1.165, 1.54) is 5.69 Å². The van der Waals surface area contributed by atoms with Gasteiger partial charge < -0.3 is 4.74 Å². The summed E-state index contributed by atoms with van der Waals surface area (Å²) < 4.78 is 8.95. The molecule has 19 heavy (non-hydrogen) atoms. The molecule has 1 aliphatic heterocycles. The highest BCUT2D eigenvalue weighted by molar-refractivity contribution is 9.10. The van der Waals surface area contributed by atoms with E-state index in [4.69, 9.17) is 10.6 Å². The fourth-order valence-electron chi connectivity index (χ4n) is 2.68. The highest BCUT2D eigenvalue weighted by Crippen LogP contribution is 2.27. The van der Waals surface area contributed by atoms with Crippen molar-refractivity contribution in [3.8, 4) is 0 Å². The third-order valence-electron chi connectivity index (χ3n) is 3.84. The summed E-state index contributed by atoms with van der Waals surface area (Å²) in [5, 5.41) is 4.52. The highest BCUT2D eigenvalue weighted by atomic mass is 79.9. The second kappa shape index (κ2) is 6.35. The second-order valence-electron chi connectivity index (χ2n) is 5.22. The Balaban J connectivity index is 2.12. The van der Waals surface area contributed by atoms with Crippen LogP contribution in [0.2, 0.25) is 0 Å². The Hall–Kier alpha value is -0.430. The molecule has 3 N–H and O–H groups in total. The van der Waals surface area contributed by atoms with Crippen LogP contribution >= 0.6 is 15.9 Å². The van der Waals surface area contributed by atoms with Crippen LogP contribution in [-0.4, -0.2) is 28.0 Å². The lowest BCUT2D eigenvalue weighted by Gasteiger charge is -2.23. The third kappa shape index (κ3) is 3.18. The molecule has 0 aromatic carbocycles. The third-order valence-corrected chi connectivity index (χ3v) is 4.76. The van der Waals surface area contributed by atoms with Gasteiger partial charge in [-0.05, 0) is 42.1 Å². The maximum atomic E-state index is 5.91. The topological polar surface area (TPSA) is 65.1 Å². The van der Waals surface area contributed by atoms with Crippen LogP contribution in [-0.2, 0) is 24.6 Å². The molecule has 3 atom stereocenters. The van der Waals surface area contributed by atoms with Crippen molar-refractivity contribution in [2.45, 2.75) is 57.8 Å². The van der Waals surface area contributed by atoms with Crippen molar-refractivity contribution in [2.75, 3.05) is 0 Å². The van der Waals surface area contributed by atoms with Crippen LogP contribution in [0, 0.1) is 0 Å². The van der Waals surface area contributed by atoms with Gasteiger partial charge in [0.05, 0.1) is 34.1 Å². The fourth-order valence-corrected chi connectivity index (χ4v) is 3.46. The fraction of sp³-hybridized carbons (Fsp3) is 0.769. The van der Waals surface area contributed by atoms with E-state index < -0.39 is 0 Å².